The van der Waals surface area contributed by atoms with Gasteiger partial charge in [0.1, 0.15) is 18.2 Å². The topological polar surface area (TPSA) is 59.1 Å². The van der Waals surface area contributed by atoms with Gasteiger partial charge in [-0.1, -0.05) is 23.7 Å². The number of hydrogen-bond acceptors (Lipinski definition) is 5. The number of aromatic nitrogens is 2. The van der Waals surface area contributed by atoms with E-state index in [0.717, 1.165) is 27.8 Å². The zero-order valence-corrected chi connectivity index (χ0v) is 14.9. The summed E-state index contributed by atoms with van der Waals surface area (Å²) in [4.78, 5) is 8.72. The van der Waals surface area contributed by atoms with Crippen LogP contribution in [0.1, 0.15) is 18.4 Å². The Labute approximate surface area is 157 Å². The Morgan fingerprint density at radius 1 is 1.00 bits per heavy atom. The first-order valence-corrected chi connectivity index (χ1v) is 8.96. The van der Waals surface area contributed by atoms with E-state index in [4.69, 9.17) is 16.3 Å². The van der Waals surface area contributed by atoms with Gasteiger partial charge in [0.25, 0.3) is 0 Å². The molecule has 2 aromatic carbocycles. The predicted octanol–water partition coefficient (Wildman–Crippen LogP) is 5.03. The van der Waals surface area contributed by atoms with Crippen molar-refractivity contribution in [3.8, 4) is 5.75 Å². The van der Waals surface area contributed by atoms with Crippen LogP contribution >= 0.6 is 11.6 Å². The van der Waals surface area contributed by atoms with Gasteiger partial charge in [0.05, 0.1) is 0 Å². The Balaban J connectivity index is 1.34. The van der Waals surface area contributed by atoms with Crippen LogP contribution in [-0.2, 0) is 6.61 Å². The van der Waals surface area contributed by atoms with Gasteiger partial charge in [-0.15, -0.1) is 0 Å². The molecule has 2 N–H and O–H groups in total. The third-order valence-electron chi connectivity index (χ3n) is 4.01. The molecule has 0 atom stereocenters. The number of ether oxygens (including phenoxy) is 1. The fourth-order valence-electron chi connectivity index (χ4n) is 2.44. The number of nitrogens with zero attached hydrogens (tertiary/aromatic N) is 2. The lowest BCUT2D eigenvalue weighted by Gasteiger charge is -2.10. The lowest BCUT2D eigenvalue weighted by atomic mass is 10.2. The maximum atomic E-state index is 5.89. The van der Waals surface area contributed by atoms with E-state index in [0.29, 0.717) is 18.6 Å². The van der Waals surface area contributed by atoms with Crippen molar-refractivity contribution in [1.82, 2.24) is 9.97 Å². The molecule has 0 spiro atoms. The third-order valence-corrected chi connectivity index (χ3v) is 4.26. The molecule has 1 fully saturated rings. The quantitative estimate of drug-likeness (QED) is 0.614. The van der Waals surface area contributed by atoms with E-state index in [1.54, 1.807) is 6.20 Å². The Bertz CT molecular complexity index is 864. The minimum Gasteiger partial charge on any atom is -0.489 e. The molecule has 132 valence electrons. The second-order valence-corrected chi connectivity index (χ2v) is 6.69. The molecule has 0 saturated heterocycles. The molecule has 1 saturated carbocycles. The highest BCUT2D eigenvalue weighted by atomic mass is 35.5. The number of nitrogens with one attached hydrogen (secondary N) is 2. The molecule has 0 unspecified atom stereocenters. The molecule has 4 rings (SSSR count). The van der Waals surface area contributed by atoms with Crippen molar-refractivity contribution in [2.45, 2.75) is 25.5 Å². The first kappa shape index (κ1) is 16.7. The lowest BCUT2D eigenvalue weighted by molar-refractivity contribution is 0.306. The molecule has 5 nitrogen and oxygen atoms in total. The minimum absolute atomic E-state index is 0.506. The van der Waals surface area contributed by atoms with Gasteiger partial charge in [0.15, 0.2) is 0 Å². The van der Waals surface area contributed by atoms with Crippen molar-refractivity contribution < 1.29 is 4.74 Å². The highest BCUT2D eigenvalue weighted by Crippen LogP contribution is 2.24. The highest BCUT2D eigenvalue weighted by Gasteiger charge is 2.21. The van der Waals surface area contributed by atoms with Crippen molar-refractivity contribution in [3.63, 3.8) is 0 Å². The lowest BCUT2D eigenvalue weighted by Crippen LogP contribution is -2.06. The summed E-state index contributed by atoms with van der Waals surface area (Å²) in [6.07, 6.45) is 4.14. The van der Waals surface area contributed by atoms with Gasteiger partial charge in [-0.25, -0.2) is 4.98 Å². The summed E-state index contributed by atoms with van der Waals surface area (Å²) in [7, 11) is 0. The summed E-state index contributed by atoms with van der Waals surface area (Å²) >= 11 is 5.89. The Morgan fingerprint density at radius 3 is 2.50 bits per heavy atom. The molecular formula is C20H19ClN4O. The summed E-state index contributed by atoms with van der Waals surface area (Å²) < 4.78 is 5.80. The SMILES string of the molecule is Clc1ccc(COc2ccc(Nc3ccnc(NC4CC4)n3)cc2)cc1. The molecule has 1 aliphatic rings. The second-order valence-electron chi connectivity index (χ2n) is 6.25. The monoisotopic (exact) mass is 366 g/mol. The van der Waals surface area contributed by atoms with Gasteiger partial charge in [-0.2, -0.15) is 4.98 Å². The zero-order chi connectivity index (χ0) is 17.8. The number of halogens is 1. The Kier molecular flexibility index (Phi) is 4.88. The number of rotatable bonds is 7. The standard InChI is InChI=1S/C20H19ClN4O/c21-15-3-1-14(2-4-15)13-26-18-9-7-16(8-10-18)23-19-11-12-22-20(25-19)24-17-5-6-17/h1-4,7-12,17H,5-6,13H2,(H2,22,23,24,25). The van der Waals surface area contributed by atoms with Crippen LogP contribution in [-0.4, -0.2) is 16.0 Å². The first-order valence-electron chi connectivity index (χ1n) is 8.58. The summed E-state index contributed by atoms with van der Waals surface area (Å²) in [6.45, 7) is 0.506. The van der Waals surface area contributed by atoms with Gasteiger partial charge < -0.3 is 15.4 Å². The van der Waals surface area contributed by atoms with Crippen LogP contribution in [0.4, 0.5) is 17.5 Å². The maximum absolute atomic E-state index is 5.89. The largest absolute Gasteiger partial charge is 0.489 e. The third kappa shape index (κ3) is 4.64. The average molecular weight is 367 g/mol. The molecule has 0 bridgehead atoms. The van der Waals surface area contributed by atoms with Crippen LogP contribution in [0.15, 0.2) is 60.8 Å². The summed E-state index contributed by atoms with van der Waals surface area (Å²) in [5, 5.41) is 7.31. The Morgan fingerprint density at radius 2 is 1.77 bits per heavy atom. The van der Waals surface area contributed by atoms with Gasteiger partial charge in [-0.05, 0) is 60.9 Å². The molecular weight excluding hydrogens is 348 g/mol. The molecule has 0 amide bonds. The van der Waals surface area contributed by atoms with Crippen molar-refractivity contribution in [1.29, 1.82) is 0 Å². The van der Waals surface area contributed by atoms with Crippen molar-refractivity contribution in [2.24, 2.45) is 0 Å². The van der Waals surface area contributed by atoms with E-state index >= 15 is 0 Å². The number of anilines is 3. The van der Waals surface area contributed by atoms with Gasteiger partial charge >= 0.3 is 0 Å². The van der Waals surface area contributed by atoms with E-state index < -0.39 is 0 Å². The predicted molar refractivity (Wildman–Crippen MR) is 104 cm³/mol. The van der Waals surface area contributed by atoms with Gasteiger partial charge in [0, 0.05) is 22.9 Å². The van der Waals surface area contributed by atoms with E-state index in [1.807, 2.05) is 54.6 Å². The summed E-state index contributed by atoms with van der Waals surface area (Å²) in [5.41, 5.74) is 2.02. The molecule has 1 heterocycles. The van der Waals surface area contributed by atoms with E-state index in [2.05, 4.69) is 20.6 Å². The van der Waals surface area contributed by atoms with Crippen molar-refractivity contribution >= 4 is 29.1 Å². The van der Waals surface area contributed by atoms with Gasteiger partial charge in [0.2, 0.25) is 5.95 Å². The smallest absolute Gasteiger partial charge is 0.224 e. The molecule has 1 aromatic heterocycles. The highest BCUT2D eigenvalue weighted by molar-refractivity contribution is 6.30. The van der Waals surface area contributed by atoms with Gasteiger partial charge in [-0.3, -0.25) is 0 Å². The van der Waals surface area contributed by atoms with Crippen LogP contribution in [0, 0.1) is 0 Å². The normalized spacial score (nSPS) is 13.3. The van der Waals surface area contributed by atoms with Crippen LogP contribution in [0.5, 0.6) is 5.75 Å². The fraction of sp³-hybridized carbons (Fsp3) is 0.200. The average Bonchev–Trinajstić information content (AvgIpc) is 3.47. The summed E-state index contributed by atoms with van der Waals surface area (Å²) in [5.74, 6) is 2.24. The first-order chi connectivity index (χ1) is 12.7. The molecule has 26 heavy (non-hydrogen) atoms. The number of hydrogen-bond donors (Lipinski definition) is 2. The molecule has 3 aromatic rings. The number of benzene rings is 2. The Hall–Kier alpha value is -2.79. The van der Waals surface area contributed by atoms with E-state index in [-0.39, 0.29) is 0 Å². The minimum atomic E-state index is 0.506. The maximum Gasteiger partial charge on any atom is 0.224 e. The van der Waals surface area contributed by atoms with Crippen molar-refractivity contribution in [2.75, 3.05) is 10.6 Å². The van der Waals surface area contributed by atoms with Crippen LogP contribution in [0.3, 0.4) is 0 Å². The molecule has 6 heteroatoms. The van der Waals surface area contributed by atoms with E-state index in [1.165, 1.54) is 12.8 Å². The zero-order valence-electron chi connectivity index (χ0n) is 14.2. The van der Waals surface area contributed by atoms with Crippen LogP contribution in [0.25, 0.3) is 0 Å². The molecule has 1 aliphatic carbocycles. The van der Waals surface area contributed by atoms with E-state index in [9.17, 15) is 0 Å². The van der Waals surface area contributed by atoms with Crippen LogP contribution < -0.4 is 15.4 Å². The second kappa shape index (κ2) is 7.62. The van der Waals surface area contributed by atoms with Crippen LogP contribution in [0.2, 0.25) is 5.02 Å². The van der Waals surface area contributed by atoms with Crippen molar-refractivity contribution in [3.05, 3.63) is 71.4 Å². The molecule has 0 radical (unpaired) electrons. The summed E-state index contributed by atoms with van der Waals surface area (Å²) in [6, 6.07) is 17.8. The molecule has 0 aliphatic heterocycles. The fourth-order valence-corrected chi connectivity index (χ4v) is 2.56.